The Morgan fingerprint density at radius 2 is 1.82 bits per heavy atom. The second-order valence-corrected chi connectivity index (χ2v) is 11.7. The van der Waals surface area contributed by atoms with Gasteiger partial charge >= 0.3 is 6.09 Å². The van der Waals surface area contributed by atoms with Crippen LogP contribution in [0.2, 0.25) is 0 Å². The van der Waals surface area contributed by atoms with E-state index in [0.29, 0.717) is 11.8 Å². The molecule has 0 aliphatic carbocycles. The molecule has 3 atom stereocenters. The highest BCUT2D eigenvalue weighted by Gasteiger charge is 2.49. The standard InChI is InChI=1S/C23H44N2O3/c1-20(2,3)28-19(26)25-15-16(14-21(25,4)5)10-11-18(24)17-12-13-27-23(8,9)22(17,6)7/h16-18H,10-15,24H2,1-9H3/t16-,17?,18?/m0/s1. The summed E-state index contributed by atoms with van der Waals surface area (Å²) in [6.45, 7) is 20.5. The first kappa shape index (κ1) is 23.5. The summed E-state index contributed by atoms with van der Waals surface area (Å²) in [5, 5.41) is 0. The van der Waals surface area contributed by atoms with Gasteiger partial charge in [0, 0.05) is 24.7 Å². The molecule has 0 aromatic carbocycles. The molecule has 164 valence electrons. The quantitative estimate of drug-likeness (QED) is 0.728. The number of carbonyl (C=O) groups excluding carboxylic acids is 1. The maximum absolute atomic E-state index is 12.6. The Kier molecular flexibility index (Phi) is 6.53. The van der Waals surface area contributed by atoms with Gasteiger partial charge in [0.05, 0.1) is 5.60 Å². The van der Waals surface area contributed by atoms with E-state index in [9.17, 15) is 4.79 Å². The van der Waals surface area contributed by atoms with E-state index < -0.39 is 5.60 Å². The lowest BCUT2D eigenvalue weighted by Gasteiger charge is -2.52. The molecule has 5 nitrogen and oxygen atoms in total. The zero-order valence-corrected chi connectivity index (χ0v) is 19.7. The van der Waals surface area contributed by atoms with Gasteiger partial charge < -0.3 is 20.1 Å². The Morgan fingerprint density at radius 1 is 1.21 bits per heavy atom. The molecular formula is C23H44N2O3. The summed E-state index contributed by atoms with van der Waals surface area (Å²) >= 11 is 0. The third-order valence-electron chi connectivity index (χ3n) is 7.37. The smallest absolute Gasteiger partial charge is 0.410 e. The molecule has 0 radical (unpaired) electrons. The first-order valence-electron chi connectivity index (χ1n) is 11.0. The van der Waals surface area contributed by atoms with E-state index in [1.807, 2.05) is 25.7 Å². The molecule has 1 amide bonds. The van der Waals surface area contributed by atoms with Crippen molar-refractivity contribution >= 4 is 6.09 Å². The van der Waals surface area contributed by atoms with Gasteiger partial charge in [-0.2, -0.15) is 0 Å². The Bertz CT molecular complexity index is 563. The number of nitrogens with two attached hydrogens (primary N) is 1. The molecule has 0 saturated carbocycles. The van der Waals surface area contributed by atoms with Crippen molar-refractivity contribution in [3.05, 3.63) is 0 Å². The van der Waals surface area contributed by atoms with Gasteiger partial charge in [0.15, 0.2) is 0 Å². The van der Waals surface area contributed by atoms with Crippen LogP contribution in [0, 0.1) is 17.3 Å². The SMILES string of the molecule is CC(C)(C)OC(=O)N1C[C@@H](CCC(N)C2CCOC(C)(C)C2(C)C)CC1(C)C. The van der Waals surface area contributed by atoms with Gasteiger partial charge in [-0.1, -0.05) is 13.8 Å². The van der Waals surface area contributed by atoms with Crippen molar-refractivity contribution in [1.82, 2.24) is 4.90 Å². The van der Waals surface area contributed by atoms with Crippen molar-refractivity contribution in [3.8, 4) is 0 Å². The molecule has 0 aromatic heterocycles. The molecule has 0 aromatic rings. The van der Waals surface area contributed by atoms with Crippen molar-refractivity contribution in [2.45, 2.75) is 111 Å². The van der Waals surface area contributed by atoms with Gasteiger partial charge in [0.2, 0.25) is 0 Å². The summed E-state index contributed by atoms with van der Waals surface area (Å²) in [5.41, 5.74) is 5.96. The average Bonchev–Trinajstić information content (AvgIpc) is 2.81. The van der Waals surface area contributed by atoms with Crippen LogP contribution in [-0.4, -0.2) is 46.9 Å². The summed E-state index contributed by atoms with van der Waals surface area (Å²) < 4.78 is 11.7. The molecule has 2 aliphatic heterocycles. The van der Waals surface area contributed by atoms with E-state index in [0.717, 1.165) is 38.8 Å². The number of carbonyl (C=O) groups is 1. The van der Waals surface area contributed by atoms with Crippen LogP contribution < -0.4 is 5.73 Å². The number of hydrogen-bond acceptors (Lipinski definition) is 4. The molecule has 2 unspecified atom stereocenters. The van der Waals surface area contributed by atoms with E-state index in [4.69, 9.17) is 15.2 Å². The van der Waals surface area contributed by atoms with Crippen molar-refractivity contribution in [2.24, 2.45) is 23.0 Å². The lowest BCUT2D eigenvalue weighted by Crippen LogP contribution is -2.55. The molecule has 0 bridgehead atoms. The molecule has 2 rings (SSSR count). The molecular weight excluding hydrogens is 352 g/mol. The Labute approximate surface area is 172 Å². The van der Waals surface area contributed by atoms with Crippen LogP contribution in [0.1, 0.15) is 88.0 Å². The monoisotopic (exact) mass is 396 g/mol. The maximum Gasteiger partial charge on any atom is 0.410 e. The lowest BCUT2D eigenvalue weighted by molar-refractivity contribution is -0.168. The summed E-state index contributed by atoms with van der Waals surface area (Å²) in [4.78, 5) is 14.5. The Morgan fingerprint density at radius 3 is 2.39 bits per heavy atom. The van der Waals surface area contributed by atoms with E-state index in [1.165, 1.54) is 0 Å². The van der Waals surface area contributed by atoms with Crippen molar-refractivity contribution in [2.75, 3.05) is 13.2 Å². The average molecular weight is 397 g/mol. The number of rotatable bonds is 4. The van der Waals surface area contributed by atoms with Gasteiger partial charge in [-0.25, -0.2) is 4.79 Å². The fraction of sp³-hybridized carbons (Fsp3) is 0.957. The van der Waals surface area contributed by atoms with Gasteiger partial charge in [-0.05, 0) is 91.4 Å². The summed E-state index contributed by atoms with van der Waals surface area (Å²) in [6.07, 6.45) is 3.88. The molecule has 2 N–H and O–H groups in total. The minimum Gasteiger partial charge on any atom is -0.444 e. The second kappa shape index (κ2) is 7.79. The van der Waals surface area contributed by atoms with Gasteiger partial charge in [-0.3, -0.25) is 0 Å². The van der Waals surface area contributed by atoms with Gasteiger partial charge in [0.1, 0.15) is 5.60 Å². The Hall–Kier alpha value is -0.810. The molecule has 2 saturated heterocycles. The third kappa shape index (κ3) is 5.02. The van der Waals surface area contributed by atoms with Crippen molar-refractivity contribution < 1.29 is 14.3 Å². The summed E-state index contributed by atoms with van der Waals surface area (Å²) in [7, 11) is 0. The zero-order valence-electron chi connectivity index (χ0n) is 19.7. The van der Waals surface area contributed by atoms with Crippen LogP contribution >= 0.6 is 0 Å². The fourth-order valence-electron chi connectivity index (χ4n) is 5.03. The molecule has 2 aliphatic rings. The molecule has 0 spiro atoms. The predicted molar refractivity (Wildman–Crippen MR) is 114 cm³/mol. The molecule has 5 heteroatoms. The molecule has 2 heterocycles. The van der Waals surface area contributed by atoms with Crippen molar-refractivity contribution in [3.63, 3.8) is 0 Å². The highest BCUT2D eigenvalue weighted by molar-refractivity contribution is 5.69. The minimum absolute atomic E-state index is 0.0438. The van der Waals surface area contributed by atoms with Crippen LogP contribution in [0.25, 0.3) is 0 Å². The van der Waals surface area contributed by atoms with E-state index in [1.54, 1.807) is 0 Å². The first-order valence-corrected chi connectivity index (χ1v) is 11.0. The van der Waals surface area contributed by atoms with Gasteiger partial charge in [-0.15, -0.1) is 0 Å². The fourth-order valence-corrected chi connectivity index (χ4v) is 5.03. The third-order valence-corrected chi connectivity index (χ3v) is 7.37. The van der Waals surface area contributed by atoms with Crippen LogP contribution in [-0.2, 0) is 9.47 Å². The number of nitrogens with zero attached hydrogens (tertiary/aromatic N) is 1. The number of hydrogen-bond donors (Lipinski definition) is 1. The lowest BCUT2D eigenvalue weighted by atomic mass is 9.62. The first-order chi connectivity index (χ1) is 12.6. The minimum atomic E-state index is -0.463. The topological polar surface area (TPSA) is 64.8 Å². The predicted octanol–water partition coefficient (Wildman–Crippen LogP) is 4.97. The number of ether oxygens (including phenoxy) is 2. The molecule has 2 fully saturated rings. The van der Waals surface area contributed by atoms with E-state index in [-0.39, 0.29) is 28.7 Å². The highest BCUT2D eigenvalue weighted by atomic mass is 16.6. The number of amides is 1. The Balaban J connectivity index is 1.95. The van der Waals surface area contributed by atoms with E-state index >= 15 is 0 Å². The normalized spacial score (nSPS) is 30.1. The number of likely N-dealkylation sites (tertiary alicyclic amines) is 1. The zero-order chi connectivity index (χ0) is 21.5. The van der Waals surface area contributed by atoms with Crippen LogP contribution in [0.5, 0.6) is 0 Å². The van der Waals surface area contributed by atoms with Crippen LogP contribution in [0.4, 0.5) is 4.79 Å². The van der Waals surface area contributed by atoms with Crippen LogP contribution in [0.3, 0.4) is 0 Å². The summed E-state index contributed by atoms with van der Waals surface area (Å²) in [5.74, 6) is 0.928. The molecule has 28 heavy (non-hydrogen) atoms. The van der Waals surface area contributed by atoms with Gasteiger partial charge in [0.25, 0.3) is 0 Å². The van der Waals surface area contributed by atoms with Crippen LogP contribution in [0.15, 0.2) is 0 Å². The maximum atomic E-state index is 12.6. The van der Waals surface area contributed by atoms with E-state index in [2.05, 4.69) is 41.5 Å². The van der Waals surface area contributed by atoms with Crippen molar-refractivity contribution in [1.29, 1.82) is 0 Å². The highest BCUT2D eigenvalue weighted by Crippen LogP contribution is 2.47. The largest absolute Gasteiger partial charge is 0.444 e. The summed E-state index contributed by atoms with van der Waals surface area (Å²) in [6, 6.07) is 0.164. The second-order valence-electron chi connectivity index (χ2n) is 11.7.